The maximum atomic E-state index is 13.0. The zero-order valence-corrected chi connectivity index (χ0v) is 15.5. The van der Waals surface area contributed by atoms with Crippen molar-refractivity contribution in [3.8, 4) is 0 Å². The number of nitrogens with zero attached hydrogens (tertiary/aromatic N) is 4. The van der Waals surface area contributed by atoms with E-state index in [1.165, 1.54) is 7.11 Å². The monoisotopic (exact) mass is 372 g/mol. The lowest BCUT2D eigenvalue weighted by molar-refractivity contribution is -0.137. The molecule has 2 saturated heterocycles. The average molecular weight is 372 g/mol. The molecule has 8 nitrogen and oxygen atoms in total. The fourth-order valence-corrected chi connectivity index (χ4v) is 3.85. The van der Waals surface area contributed by atoms with Crippen LogP contribution in [0.4, 0.5) is 10.8 Å². The van der Waals surface area contributed by atoms with E-state index < -0.39 is 12.1 Å². The quantitative estimate of drug-likeness (QED) is 0.803. The van der Waals surface area contributed by atoms with Crippen molar-refractivity contribution in [2.75, 3.05) is 44.7 Å². The van der Waals surface area contributed by atoms with Gasteiger partial charge in [0.2, 0.25) is 5.91 Å². The summed E-state index contributed by atoms with van der Waals surface area (Å²) in [5.41, 5.74) is 1.60. The zero-order chi connectivity index (χ0) is 18.8. The molecule has 0 saturated carbocycles. The third-order valence-electron chi connectivity index (χ3n) is 5.34. The van der Waals surface area contributed by atoms with Crippen LogP contribution in [0.25, 0.3) is 11.1 Å². The molecule has 0 radical (unpaired) electrons. The van der Waals surface area contributed by atoms with Crippen LogP contribution < -0.4 is 4.90 Å². The Morgan fingerprint density at radius 2 is 1.89 bits per heavy atom. The maximum Gasteiger partial charge on any atom is 0.410 e. The first-order valence-corrected chi connectivity index (χ1v) is 9.41. The van der Waals surface area contributed by atoms with Gasteiger partial charge in [0.15, 0.2) is 5.58 Å². The number of anilines is 1. The Hall–Kier alpha value is -2.77. The van der Waals surface area contributed by atoms with Crippen molar-refractivity contribution < 1.29 is 18.7 Å². The van der Waals surface area contributed by atoms with Crippen LogP contribution in [0.15, 0.2) is 28.7 Å². The van der Waals surface area contributed by atoms with Gasteiger partial charge in [-0.15, -0.1) is 0 Å². The van der Waals surface area contributed by atoms with Crippen LogP contribution in [-0.2, 0) is 9.53 Å². The number of likely N-dealkylation sites (tertiary alicyclic amines) is 1. The number of hydrogen-bond donors (Lipinski definition) is 0. The molecule has 27 heavy (non-hydrogen) atoms. The summed E-state index contributed by atoms with van der Waals surface area (Å²) in [6.07, 6.45) is 2.13. The van der Waals surface area contributed by atoms with E-state index in [1.54, 1.807) is 4.90 Å². The lowest BCUT2D eigenvalue weighted by atomic mass is 10.0. The van der Waals surface area contributed by atoms with Crippen LogP contribution >= 0.6 is 0 Å². The van der Waals surface area contributed by atoms with Gasteiger partial charge in [-0.1, -0.05) is 12.1 Å². The molecule has 1 aromatic heterocycles. The third-order valence-corrected chi connectivity index (χ3v) is 5.34. The van der Waals surface area contributed by atoms with E-state index in [1.807, 2.05) is 29.2 Å². The second-order valence-electron chi connectivity index (χ2n) is 6.95. The third kappa shape index (κ3) is 3.43. The number of ether oxygens (including phenoxy) is 1. The Balaban J connectivity index is 1.40. The number of piperidine rings is 1. The van der Waals surface area contributed by atoms with Gasteiger partial charge in [0.25, 0.3) is 6.01 Å². The zero-order valence-electron chi connectivity index (χ0n) is 15.5. The number of fused-ring (bicyclic) bond motifs is 1. The first kappa shape index (κ1) is 17.6. The molecular formula is C19H24N4O4. The molecule has 1 aromatic carbocycles. The van der Waals surface area contributed by atoms with Crippen LogP contribution in [0.3, 0.4) is 0 Å². The maximum absolute atomic E-state index is 13.0. The van der Waals surface area contributed by atoms with Crippen molar-refractivity contribution in [2.45, 2.75) is 25.3 Å². The van der Waals surface area contributed by atoms with Crippen molar-refractivity contribution in [1.29, 1.82) is 0 Å². The average Bonchev–Trinajstić information content (AvgIpc) is 3.17. The summed E-state index contributed by atoms with van der Waals surface area (Å²) in [5, 5.41) is 0. The number of carbonyl (C=O) groups excluding carboxylic acids is 2. The van der Waals surface area contributed by atoms with Crippen molar-refractivity contribution >= 4 is 29.1 Å². The predicted molar refractivity (Wildman–Crippen MR) is 99.6 cm³/mol. The molecular weight excluding hydrogens is 348 g/mol. The minimum atomic E-state index is -0.418. The number of amides is 2. The summed E-state index contributed by atoms with van der Waals surface area (Å²) in [4.78, 5) is 35.0. The normalized spacial score (nSPS) is 20.8. The van der Waals surface area contributed by atoms with E-state index in [-0.39, 0.29) is 5.91 Å². The van der Waals surface area contributed by atoms with E-state index in [2.05, 4.69) is 9.88 Å². The topological polar surface area (TPSA) is 79.1 Å². The molecule has 4 rings (SSSR count). The van der Waals surface area contributed by atoms with E-state index >= 15 is 0 Å². The molecule has 2 aliphatic rings. The second-order valence-corrected chi connectivity index (χ2v) is 6.95. The molecule has 2 aromatic rings. The fraction of sp³-hybridized carbons (Fsp3) is 0.526. The van der Waals surface area contributed by atoms with Crippen molar-refractivity contribution in [3.63, 3.8) is 0 Å². The van der Waals surface area contributed by atoms with Gasteiger partial charge in [-0.05, 0) is 31.4 Å². The smallest absolute Gasteiger partial charge is 0.410 e. The van der Waals surface area contributed by atoms with Crippen LogP contribution in [-0.4, -0.2) is 72.7 Å². The van der Waals surface area contributed by atoms with Crippen LogP contribution in [0, 0.1) is 0 Å². The Kier molecular flexibility index (Phi) is 4.87. The van der Waals surface area contributed by atoms with Gasteiger partial charge in [-0.3, -0.25) is 9.69 Å². The molecule has 2 amide bonds. The molecule has 1 atom stereocenters. The summed E-state index contributed by atoms with van der Waals surface area (Å²) in [7, 11) is 1.36. The number of rotatable bonds is 2. The lowest BCUT2D eigenvalue weighted by Gasteiger charge is -2.39. The molecule has 8 heteroatoms. The Bertz CT molecular complexity index is 795. The molecule has 0 N–H and O–H groups in total. The first-order chi connectivity index (χ1) is 13.2. The first-order valence-electron chi connectivity index (χ1n) is 9.41. The summed E-state index contributed by atoms with van der Waals surface area (Å²) >= 11 is 0. The molecule has 0 unspecified atom stereocenters. The van der Waals surface area contributed by atoms with Crippen LogP contribution in [0.5, 0.6) is 0 Å². The van der Waals surface area contributed by atoms with Gasteiger partial charge < -0.3 is 19.0 Å². The predicted octanol–water partition coefficient (Wildman–Crippen LogP) is 2.10. The van der Waals surface area contributed by atoms with Crippen molar-refractivity contribution in [1.82, 2.24) is 14.8 Å². The molecule has 0 bridgehead atoms. The van der Waals surface area contributed by atoms with E-state index in [9.17, 15) is 9.59 Å². The molecule has 144 valence electrons. The number of oxazole rings is 1. The summed E-state index contributed by atoms with van der Waals surface area (Å²) in [6.45, 7) is 3.06. The summed E-state index contributed by atoms with van der Waals surface area (Å²) < 4.78 is 10.7. The second kappa shape index (κ2) is 7.46. The summed E-state index contributed by atoms with van der Waals surface area (Å²) in [6, 6.07) is 7.86. The Labute approximate surface area is 157 Å². The van der Waals surface area contributed by atoms with Gasteiger partial charge in [-0.25, -0.2) is 4.79 Å². The standard InChI is InChI=1S/C19H24N4O4/c1-26-19(25)23-9-5-4-7-15(23)17(24)21-10-12-22(13-11-21)18-20-14-6-2-3-8-16(14)27-18/h2-3,6,8,15H,4-5,7,9-13H2,1H3/t15-/m0/s1. The fourth-order valence-electron chi connectivity index (χ4n) is 3.85. The molecule has 0 aliphatic carbocycles. The van der Waals surface area contributed by atoms with Crippen LogP contribution in [0.1, 0.15) is 19.3 Å². The van der Waals surface area contributed by atoms with E-state index in [4.69, 9.17) is 9.15 Å². The largest absolute Gasteiger partial charge is 0.453 e. The van der Waals surface area contributed by atoms with Crippen molar-refractivity contribution in [3.05, 3.63) is 24.3 Å². The van der Waals surface area contributed by atoms with Crippen molar-refractivity contribution in [2.24, 2.45) is 0 Å². The lowest BCUT2D eigenvalue weighted by Crippen LogP contribution is -2.57. The van der Waals surface area contributed by atoms with E-state index in [0.29, 0.717) is 45.2 Å². The van der Waals surface area contributed by atoms with Gasteiger partial charge in [0, 0.05) is 32.7 Å². The highest BCUT2D eigenvalue weighted by molar-refractivity contribution is 5.86. The van der Waals surface area contributed by atoms with E-state index in [0.717, 1.165) is 23.9 Å². The molecule has 2 aliphatic heterocycles. The SMILES string of the molecule is COC(=O)N1CCCC[C@H]1C(=O)N1CCN(c2nc3ccccc3o2)CC1. The van der Waals surface area contributed by atoms with Gasteiger partial charge >= 0.3 is 6.09 Å². The van der Waals surface area contributed by atoms with Gasteiger partial charge in [-0.2, -0.15) is 4.98 Å². The number of benzene rings is 1. The number of piperazine rings is 1. The van der Waals surface area contributed by atoms with Gasteiger partial charge in [0.1, 0.15) is 11.6 Å². The number of methoxy groups -OCH3 is 1. The highest BCUT2D eigenvalue weighted by Gasteiger charge is 2.36. The number of aromatic nitrogens is 1. The number of carbonyl (C=O) groups is 2. The highest BCUT2D eigenvalue weighted by Crippen LogP contribution is 2.24. The summed E-state index contributed by atoms with van der Waals surface area (Å²) in [5.74, 6) is 0.0114. The van der Waals surface area contributed by atoms with Crippen LogP contribution in [0.2, 0.25) is 0 Å². The Morgan fingerprint density at radius 1 is 1.11 bits per heavy atom. The number of hydrogen-bond acceptors (Lipinski definition) is 6. The Morgan fingerprint density at radius 3 is 2.63 bits per heavy atom. The molecule has 2 fully saturated rings. The molecule has 3 heterocycles. The molecule has 0 spiro atoms. The number of para-hydroxylation sites is 2. The minimum absolute atomic E-state index is 0.0114. The van der Waals surface area contributed by atoms with Gasteiger partial charge in [0.05, 0.1) is 7.11 Å². The highest BCUT2D eigenvalue weighted by atomic mass is 16.5. The minimum Gasteiger partial charge on any atom is -0.453 e.